The fourth-order valence-corrected chi connectivity index (χ4v) is 3.95. The zero-order valence-corrected chi connectivity index (χ0v) is 13.8. The van der Waals surface area contributed by atoms with E-state index >= 15 is 0 Å². The molecular formula is C16H18F3NO3S. The maximum absolute atomic E-state index is 12.8. The standard InChI is InChI=1S/C16H18F3NO3S/c1-10(11-3-2-4-12(8-11)16(17,18)19)7-13(21)20-15(14(22)23)5-6-24-9-15/h2-4,8,10H,5-7,9H2,1H3,(H,20,21)(H,22,23). The lowest BCUT2D eigenvalue weighted by molar-refractivity contribution is -0.146. The highest BCUT2D eigenvalue weighted by molar-refractivity contribution is 7.99. The van der Waals surface area contributed by atoms with Gasteiger partial charge in [-0.2, -0.15) is 24.9 Å². The van der Waals surface area contributed by atoms with Crippen molar-refractivity contribution in [1.29, 1.82) is 0 Å². The van der Waals surface area contributed by atoms with E-state index in [1.807, 2.05) is 0 Å². The third-order valence-corrected chi connectivity index (χ3v) is 5.27. The number of carboxylic acids is 1. The number of carbonyl (C=O) groups is 2. The molecule has 1 aromatic rings. The van der Waals surface area contributed by atoms with Crippen molar-refractivity contribution in [2.75, 3.05) is 11.5 Å². The summed E-state index contributed by atoms with van der Waals surface area (Å²) < 4.78 is 38.3. The van der Waals surface area contributed by atoms with E-state index in [2.05, 4.69) is 5.32 Å². The first kappa shape index (κ1) is 18.6. The van der Waals surface area contributed by atoms with Crippen LogP contribution in [0.3, 0.4) is 0 Å². The first-order valence-electron chi connectivity index (χ1n) is 7.43. The van der Waals surface area contributed by atoms with E-state index in [0.29, 0.717) is 23.5 Å². The van der Waals surface area contributed by atoms with Crippen LogP contribution < -0.4 is 5.32 Å². The Morgan fingerprint density at radius 1 is 1.42 bits per heavy atom. The van der Waals surface area contributed by atoms with Gasteiger partial charge in [0, 0.05) is 12.2 Å². The molecular weight excluding hydrogens is 343 g/mol. The van der Waals surface area contributed by atoms with E-state index < -0.39 is 35.1 Å². The van der Waals surface area contributed by atoms with Crippen molar-refractivity contribution in [2.24, 2.45) is 0 Å². The average molecular weight is 361 g/mol. The van der Waals surface area contributed by atoms with E-state index in [-0.39, 0.29) is 6.42 Å². The van der Waals surface area contributed by atoms with Gasteiger partial charge in [0.15, 0.2) is 0 Å². The number of alkyl halides is 3. The maximum Gasteiger partial charge on any atom is 0.416 e. The minimum atomic E-state index is -4.44. The topological polar surface area (TPSA) is 66.4 Å². The van der Waals surface area contributed by atoms with Crippen LogP contribution in [0.2, 0.25) is 0 Å². The number of nitrogens with one attached hydrogen (secondary N) is 1. The van der Waals surface area contributed by atoms with Crippen LogP contribution in [0.5, 0.6) is 0 Å². The summed E-state index contributed by atoms with van der Waals surface area (Å²) in [7, 11) is 0. The molecule has 1 amide bonds. The fourth-order valence-electron chi connectivity index (χ4n) is 2.62. The molecule has 2 N–H and O–H groups in total. The molecule has 1 saturated heterocycles. The van der Waals surface area contributed by atoms with Crippen LogP contribution >= 0.6 is 11.8 Å². The number of hydrogen-bond acceptors (Lipinski definition) is 3. The molecule has 2 unspecified atom stereocenters. The van der Waals surface area contributed by atoms with Gasteiger partial charge in [-0.1, -0.05) is 25.1 Å². The van der Waals surface area contributed by atoms with Crippen LogP contribution in [0.4, 0.5) is 13.2 Å². The average Bonchev–Trinajstić information content (AvgIpc) is 2.96. The zero-order valence-electron chi connectivity index (χ0n) is 13.0. The molecule has 0 radical (unpaired) electrons. The summed E-state index contributed by atoms with van der Waals surface area (Å²) in [5, 5.41) is 11.9. The number of benzene rings is 1. The van der Waals surface area contributed by atoms with Crippen LogP contribution in [-0.2, 0) is 15.8 Å². The number of carboxylic acid groups (broad SMARTS) is 1. The van der Waals surface area contributed by atoms with Gasteiger partial charge in [0.25, 0.3) is 0 Å². The minimum absolute atomic E-state index is 0.0684. The molecule has 1 heterocycles. The molecule has 0 aliphatic carbocycles. The van der Waals surface area contributed by atoms with Gasteiger partial charge in [-0.15, -0.1) is 0 Å². The normalized spacial score (nSPS) is 22.2. The molecule has 8 heteroatoms. The number of rotatable bonds is 5. The van der Waals surface area contributed by atoms with E-state index in [1.54, 1.807) is 6.92 Å². The molecule has 0 aromatic heterocycles. The van der Waals surface area contributed by atoms with Gasteiger partial charge in [0.2, 0.25) is 5.91 Å². The number of amides is 1. The van der Waals surface area contributed by atoms with Crippen LogP contribution in [0.15, 0.2) is 24.3 Å². The van der Waals surface area contributed by atoms with Crippen molar-refractivity contribution >= 4 is 23.6 Å². The number of hydrogen-bond donors (Lipinski definition) is 2. The molecule has 132 valence electrons. The summed E-state index contributed by atoms with van der Waals surface area (Å²) >= 11 is 1.45. The summed E-state index contributed by atoms with van der Waals surface area (Å²) in [4.78, 5) is 23.6. The van der Waals surface area contributed by atoms with Crippen molar-refractivity contribution in [3.8, 4) is 0 Å². The van der Waals surface area contributed by atoms with E-state index in [1.165, 1.54) is 23.9 Å². The molecule has 24 heavy (non-hydrogen) atoms. The van der Waals surface area contributed by atoms with Gasteiger partial charge in [-0.3, -0.25) is 4.79 Å². The monoisotopic (exact) mass is 361 g/mol. The number of halogens is 3. The Kier molecular flexibility index (Phi) is 5.47. The van der Waals surface area contributed by atoms with E-state index in [9.17, 15) is 27.9 Å². The molecule has 1 aromatic carbocycles. The highest BCUT2D eigenvalue weighted by Gasteiger charge is 2.43. The molecule has 2 atom stereocenters. The van der Waals surface area contributed by atoms with Crippen LogP contribution in [0, 0.1) is 0 Å². The summed E-state index contributed by atoms with van der Waals surface area (Å²) in [5.41, 5.74) is -1.64. The van der Waals surface area contributed by atoms with Gasteiger partial charge < -0.3 is 10.4 Å². The Labute approximate surface area is 141 Å². The Bertz CT molecular complexity index is 627. The molecule has 1 fully saturated rings. The first-order valence-corrected chi connectivity index (χ1v) is 8.59. The summed E-state index contributed by atoms with van der Waals surface area (Å²) in [5.74, 6) is -1.05. The Hall–Kier alpha value is -1.70. The van der Waals surface area contributed by atoms with Gasteiger partial charge in [0.1, 0.15) is 5.54 Å². The number of carbonyl (C=O) groups excluding carboxylic acids is 1. The largest absolute Gasteiger partial charge is 0.479 e. The van der Waals surface area contributed by atoms with E-state index in [0.717, 1.165) is 12.1 Å². The molecule has 0 saturated carbocycles. The minimum Gasteiger partial charge on any atom is -0.479 e. The van der Waals surface area contributed by atoms with Gasteiger partial charge in [0.05, 0.1) is 5.56 Å². The van der Waals surface area contributed by atoms with Crippen molar-refractivity contribution in [1.82, 2.24) is 5.32 Å². The molecule has 1 aliphatic rings. The van der Waals surface area contributed by atoms with Crippen molar-refractivity contribution < 1.29 is 27.9 Å². The van der Waals surface area contributed by atoms with Crippen LogP contribution in [0.1, 0.15) is 36.8 Å². The van der Waals surface area contributed by atoms with Gasteiger partial charge in [-0.05, 0) is 29.7 Å². The highest BCUT2D eigenvalue weighted by Crippen LogP contribution is 2.32. The Balaban J connectivity index is 2.05. The van der Waals surface area contributed by atoms with E-state index in [4.69, 9.17) is 0 Å². The van der Waals surface area contributed by atoms with Crippen LogP contribution in [-0.4, -0.2) is 34.0 Å². The third-order valence-electron chi connectivity index (χ3n) is 4.08. The molecule has 0 bridgehead atoms. The zero-order chi connectivity index (χ0) is 18.0. The Morgan fingerprint density at radius 2 is 2.12 bits per heavy atom. The lowest BCUT2D eigenvalue weighted by Gasteiger charge is -2.25. The van der Waals surface area contributed by atoms with Crippen LogP contribution in [0.25, 0.3) is 0 Å². The second-order valence-corrected chi connectivity index (χ2v) is 7.07. The number of aliphatic carboxylic acids is 1. The second-order valence-electron chi connectivity index (χ2n) is 5.97. The number of thioether (sulfide) groups is 1. The fraction of sp³-hybridized carbons (Fsp3) is 0.500. The molecule has 4 nitrogen and oxygen atoms in total. The maximum atomic E-state index is 12.8. The van der Waals surface area contributed by atoms with Crippen molar-refractivity contribution in [3.05, 3.63) is 35.4 Å². The van der Waals surface area contributed by atoms with Crippen molar-refractivity contribution in [2.45, 2.75) is 37.4 Å². The molecule has 1 aliphatic heterocycles. The first-order chi connectivity index (χ1) is 11.1. The predicted octanol–water partition coefficient (Wildman–Crippen LogP) is 3.28. The quantitative estimate of drug-likeness (QED) is 0.845. The SMILES string of the molecule is CC(CC(=O)NC1(C(=O)O)CCSC1)c1cccc(C(F)(F)F)c1. The lowest BCUT2D eigenvalue weighted by atomic mass is 9.94. The molecule has 0 spiro atoms. The summed E-state index contributed by atoms with van der Waals surface area (Å²) in [6.07, 6.45) is -4.16. The third kappa shape index (κ3) is 4.23. The predicted molar refractivity (Wildman–Crippen MR) is 84.9 cm³/mol. The molecule has 2 rings (SSSR count). The van der Waals surface area contributed by atoms with Gasteiger partial charge in [-0.25, -0.2) is 4.79 Å². The summed E-state index contributed by atoms with van der Waals surface area (Å²) in [6.45, 7) is 1.64. The summed E-state index contributed by atoms with van der Waals surface area (Å²) in [6, 6.07) is 4.84. The highest BCUT2D eigenvalue weighted by atomic mass is 32.2. The Morgan fingerprint density at radius 3 is 2.67 bits per heavy atom. The lowest BCUT2D eigenvalue weighted by Crippen LogP contribution is -2.54. The van der Waals surface area contributed by atoms with Gasteiger partial charge >= 0.3 is 12.1 Å². The smallest absolute Gasteiger partial charge is 0.416 e. The van der Waals surface area contributed by atoms with Crippen molar-refractivity contribution in [3.63, 3.8) is 0 Å². The second kappa shape index (κ2) is 7.04.